The molecule has 0 atom stereocenters. The van der Waals surface area contributed by atoms with Crippen molar-refractivity contribution in [1.29, 1.82) is 5.26 Å². The van der Waals surface area contributed by atoms with Crippen LogP contribution in [0.2, 0.25) is 0 Å². The summed E-state index contributed by atoms with van der Waals surface area (Å²) in [6, 6.07) is 3.45. The van der Waals surface area contributed by atoms with Crippen molar-refractivity contribution in [2.24, 2.45) is 0 Å². The van der Waals surface area contributed by atoms with Crippen molar-refractivity contribution >= 4 is 5.91 Å². The molecule has 1 aromatic rings. The predicted molar refractivity (Wildman–Crippen MR) is 62.7 cm³/mol. The van der Waals surface area contributed by atoms with Crippen molar-refractivity contribution in [1.82, 2.24) is 5.32 Å². The molecule has 0 bridgehead atoms. The van der Waals surface area contributed by atoms with Gasteiger partial charge in [0.25, 0.3) is 5.91 Å². The summed E-state index contributed by atoms with van der Waals surface area (Å²) in [5.74, 6) is -5.58. The molecule has 19 heavy (non-hydrogen) atoms. The Bertz CT molecular complexity index is 533. The molecule has 1 amide bonds. The fourth-order valence-corrected chi connectivity index (χ4v) is 1.60. The second kappa shape index (κ2) is 5.74. The van der Waals surface area contributed by atoms with Gasteiger partial charge in [-0.25, -0.2) is 13.2 Å². The fraction of sp³-hybridized carbons (Fsp3) is 0.385. The quantitative estimate of drug-likeness (QED) is 0.855. The lowest BCUT2D eigenvalue weighted by atomic mass is 9.94. The Hall–Kier alpha value is -2.03. The lowest BCUT2D eigenvalue weighted by Gasteiger charge is -2.25. The van der Waals surface area contributed by atoms with Crippen molar-refractivity contribution < 1.29 is 18.0 Å². The molecule has 3 nitrogen and oxygen atoms in total. The van der Waals surface area contributed by atoms with Gasteiger partial charge in [-0.3, -0.25) is 4.79 Å². The molecule has 0 heterocycles. The summed E-state index contributed by atoms with van der Waals surface area (Å²) in [5.41, 5.74) is -1.77. The van der Waals surface area contributed by atoms with Crippen LogP contribution in [0, 0.1) is 28.8 Å². The Kier molecular flexibility index (Phi) is 4.54. The van der Waals surface area contributed by atoms with Crippen LogP contribution >= 0.6 is 0 Å². The van der Waals surface area contributed by atoms with Gasteiger partial charge in [0, 0.05) is 0 Å². The summed E-state index contributed by atoms with van der Waals surface area (Å²) < 4.78 is 39.2. The molecule has 0 saturated carbocycles. The SMILES string of the molecule is CCC(C#N)(CC)NC(=O)c1ccc(F)c(F)c1F. The smallest absolute Gasteiger partial charge is 0.255 e. The molecule has 0 spiro atoms. The van der Waals surface area contributed by atoms with E-state index in [2.05, 4.69) is 5.32 Å². The molecule has 1 N–H and O–H groups in total. The number of amides is 1. The maximum atomic E-state index is 13.4. The van der Waals surface area contributed by atoms with Crippen LogP contribution in [0.4, 0.5) is 13.2 Å². The molecule has 0 aliphatic heterocycles. The standard InChI is InChI=1S/C13H13F3N2O/c1-3-13(4-2,7-17)18-12(19)8-5-6-9(14)11(16)10(8)15/h5-6H,3-4H2,1-2H3,(H,18,19). The first-order valence-corrected chi connectivity index (χ1v) is 5.78. The minimum atomic E-state index is -1.71. The highest BCUT2D eigenvalue weighted by Gasteiger charge is 2.30. The van der Waals surface area contributed by atoms with Gasteiger partial charge in [-0.1, -0.05) is 13.8 Å². The number of halogens is 3. The van der Waals surface area contributed by atoms with Crippen molar-refractivity contribution in [3.05, 3.63) is 35.1 Å². The Morgan fingerprint density at radius 1 is 1.26 bits per heavy atom. The van der Waals surface area contributed by atoms with E-state index in [0.717, 1.165) is 6.07 Å². The van der Waals surface area contributed by atoms with Crippen LogP contribution in [0.3, 0.4) is 0 Å². The maximum absolute atomic E-state index is 13.4. The fourth-order valence-electron chi connectivity index (χ4n) is 1.60. The number of carbonyl (C=O) groups is 1. The van der Waals surface area contributed by atoms with Crippen LogP contribution in [0.5, 0.6) is 0 Å². The van der Waals surface area contributed by atoms with E-state index >= 15 is 0 Å². The normalized spacial score (nSPS) is 10.9. The van der Waals surface area contributed by atoms with E-state index in [1.54, 1.807) is 13.8 Å². The molecule has 1 aromatic carbocycles. The zero-order valence-electron chi connectivity index (χ0n) is 10.6. The van der Waals surface area contributed by atoms with Gasteiger partial charge in [0.15, 0.2) is 17.5 Å². The van der Waals surface area contributed by atoms with Gasteiger partial charge < -0.3 is 5.32 Å². The zero-order chi connectivity index (χ0) is 14.6. The molecule has 1 rings (SSSR count). The van der Waals surface area contributed by atoms with E-state index in [4.69, 9.17) is 5.26 Å². The molecule has 0 unspecified atom stereocenters. The largest absolute Gasteiger partial charge is 0.334 e. The third kappa shape index (κ3) is 2.87. The monoisotopic (exact) mass is 270 g/mol. The van der Waals surface area contributed by atoms with E-state index in [1.807, 2.05) is 6.07 Å². The number of hydrogen-bond donors (Lipinski definition) is 1. The van der Waals surface area contributed by atoms with Gasteiger partial charge in [0.1, 0.15) is 5.54 Å². The number of nitriles is 1. The number of nitrogens with zero attached hydrogens (tertiary/aromatic N) is 1. The molecule has 0 fully saturated rings. The van der Waals surface area contributed by atoms with E-state index < -0.39 is 34.5 Å². The molecule has 0 aromatic heterocycles. The highest BCUT2D eigenvalue weighted by atomic mass is 19.2. The Balaban J connectivity index is 3.10. The van der Waals surface area contributed by atoms with Crippen molar-refractivity contribution in [3.63, 3.8) is 0 Å². The van der Waals surface area contributed by atoms with Gasteiger partial charge in [0.05, 0.1) is 11.6 Å². The summed E-state index contributed by atoms with van der Waals surface area (Å²) in [5, 5.41) is 11.4. The average molecular weight is 270 g/mol. The highest BCUT2D eigenvalue weighted by molar-refractivity contribution is 5.95. The Morgan fingerprint density at radius 3 is 2.32 bits per heavy atom. The average Bonchev–Trinajstić information content (AvgIpc) is 2.42. The van der Waals surface area contributed by atoms with Gasteiger partial charge in [-0.05, 0) is 25.0 Å². The molecular formula is C13H13F3N2O. The summed E-state index contributed by atoms with van der Waals surface area (Å²) in [4.78, 5) is 11.8. The van der Waals surface area contributed by atoms with E-state index in [-0.39, 0.29) is 0 Å². The van der Waals surface area contributed by atoms with Gasteiger partial charge in [0.2, 0.25) is 0 Å². The molecule has 102 valence electrons. The first-order valence-electron chi connectivity index (χ1n) is 5.78. The number of rotatable bonds is 4. The molecule has 0 aliphatic carbocycles. The van der Waals surface area contributed by atoms with Crippen LogP contribution in [-0.2, 0) is 0 Å². The second-order valence-corrected chi connectivity index (χ2v) is 4.08. The lowest BCUT2D eigenvalue weighted by molar-refractivity contribution is 0.0910. The molecular weight excluding hydrogens is 257 g/mol. The number of hydrogen-bond acceptors (Lipinski definition) is 2. The van der Waals surface area contributed by atoms with Crippen LogP contribution in [0.15, 0.2) is 12.1 Å². The third-order valence-electron chi connectivity index (χ3n) is 3.05. The van der Waals surface area contributed by atoms with E-state index in [1.165, 1.54) is 0 Å². The third-order valence-corrected chi connectivity index (χ3v) is 3.05. The number of nitrogens with one attached hydrogen (secondary N) is 1. The number of carbonyl (C=O) groups excluding carboxylic acids is 1. The van der Waals surface area contributed by atoms with Crippen molar-refractivity contribution in [3.8, 4) is 6.07 Å². The Morgan fingerprint density at radius 2 is 1.84 bits per heavy atom. The minimum Gasteiger partial charge on any atom is -0.334 e. The van der Waals surface area contributed by atoms with E-state index in [9.17, 15) is 18.0 Å². The minimum absolute atomic E-state index is 0.317. The summed E-state index contributed by atoms with van der Waals surface area (Å²) >= 11 is 0. The molecule has 6 heteroatoms. The van der Waals surface area contributed by atoms with Crippen LogP contribution in [0.25, 0.3) is 0 Å². The van der Waals surface area contributed by atoms with Crippen LogP contribution in [-0.4, -0.2) is 11.4 Å². The first kappa shape index (κ1) is 15.0. The summed E-state index contributed by atoms with van der Waals surface area (Å²) in [7, 11) is 0. The van der Waals surface area contributed by atoms with Gasteiger partial charge in [-0.15, -0.1) is 0 Å². The highest BCUT2D eigenvalue weighted by Crippen LogP contribution is 2.18. The van der Waals surface area contributed by atoms with Crippen LogP contribution < -0.4 is 5.32 Å². The zero-order valence-corrected chi connectivity index (χ0v) is 10.6. The molecule has 0 aliphatic rings. The summed E-state index contributed by atoms with van der Waals surface area (Å²) in [6.45, 7) is 3.38. The Labute approximate surface area is 109 Å². The second-order valence-electron chi connectivity index (χ2n) is 4.08. The molecule has 0 radical (unpaired) electrons. The lowest BCUT2D eigenvalue weighted by Crippen LogP contribution is -2.46. The predicted octanol–water partition coefficient (Wildman–Crippen LogP) is 2.92. The maximum Gasteiger partial charge on any atom is 0.255 e. The molecule has 0 saturated heterocycles. The van der Waals surface area contributed by atoms with Crippen molar-refractivity contribution in [2.45, 2.75) is 32.2 Å². The van der Waals surface area contributed by atoms with Gasteiger partial charge >= 0.3 is 0 Å². The topological polar surface area (TPSA) is 52.9 Å². The van der Waals surface area contributed by atoms with E-state index in [0.29, 0.717) is 18.9 Å². The van der Waals surface area contributed by atoms with Crippen molar-refractivity contribution in [2.75, 3.05) is 0 Å². The van der Waals surface area contributed by atoms with Gasteiger partial charge in [-0.2, -0.15) is 5.26 Å². The number of benzene rings is 1. The van der Waals surface area contributed by atoms with Crippen LogP contribution in [0.1, 0.15) is 37.0 Å². The first-order chi connectivity index (χ1) is 8.90. The summed E-state index contributed by atoms with van der Waals surface area (Å²) in [6.07, 6.45) is 0.633.